The van der Waals surface area contributed by atoms with Crippen molar-refractivity contribution in [2.24, 2.45) is 7.05 Å². The number of anilines is 2. The lowest BCUT2D eigenvalue weighted by atomic mass is 9.89. The zero-order valence-corrected chi connectivity index (χ0v) is 22.9. The molecule has 206 valence electrons. The molecule has 2 aromatic heterocycles. The molecule has 4 fully saturated rings. The van der Waals surface area contributed by atoms with Crippen LogP contribution in [0.4, 0.5) is 11.4 Å². The largest absolute Gasteiger partial charge is 0.370 e. The fraction of sp³-hybridized carbons (Fsp3) is 0.533. The lowest BCUT2D eigenvalue weighted by molar-refractivity contribution is -0.0828. The molecule has 4 aliphatic rings. The van der Waals surface area contributed by atoms with Gasteiger partial charge in [0.1, 0.15) is 11.2 Å². The summed E-state index contributed by atoms with van der Waals surface area (Å²) in [4.78, 5) is 24.4. The minimum atomic E-state index is -0.0311. The Kier molecular flexibility index (Phi) is 6.34. The molecule has 0 unspecified atom stereocenters. The van der Waals surface area contributed by atoms with Crippen LogP contribution >= 0.6 is 0 Å². The van der Waals surface area contributed by atoms with E-state index in [1.165, 1.54) is 11.3 Å². The number of hydrogen-bond acceptors (Lipinski definition) is 8. The minimum absolute atomic E-state index is 0.0132. The van der Waals surface area contributed by atoms with Gasteiger partial charge in [-0.3, -0.25) is 14.3 Å². The van der Waals surface area contributed by atoms with Crippen molar-refractivity contribution in [3.8, 4) is 0 Å². The van der Waals surface area contributed by atoms with Gasteiger partial charge in [0.15, 0.2) is 0 Å². The second kappa shape index (κ2) is 9.89. The topological polar surface area (TPSA) is 75.1 Å². The number of pyridine rings is 2. The molecule has 0 saturated carbocycles. The van der Waals surface area contributed by atoms with Gasteiger partial charge in [0.2, 0.25) is 0 Å². The number of nitrogens with one attached hydrogen (secondary N) is 1. The van der Waals surface area contributed by atoms with Crippen molar-refractivity contribution >= 4 is 22.4 Å². The maximum atomic E-state index is 12.7. The van der Waals surface area contributed by atoms with E-state index in [4.69, 9.17) is 9.47 Å². The van der Waals surface area contributed by atoms with E-state index >= 15 is 0 Å². The highest BCUT2D eigenvalue weighted by Crippen LogP contribution is 2.34. The first-order chi connectivity index (χ1) is 19.0. The van der Waals surface area contributed by atoms with Crippen LogP contribution in [0.5, 0.6) is 0 Å². The molecular weight excluding hydrogens is 492 g/mol. The molecule has 3 aromatic rings. The average Bonchev–Trinajstić information content (AvgIpc) is 2.91. The number of fused-ring (bicyclic) bond motifs is 1. The third-order valence-electron chi connectivity index (χ3n) is 8.88. The van der Waals surface area contributed by atoms with Gasteiger partial charge in [0.25, 0.3) is 5.56 Å². The van der Waals surface area contributed by atoms with E-state index in [0.717, 1.165) is 82.2 Å². The third kappa shape index (κ3) is 4.71. The predicted molar refractivity (Wildman–Crippen MR) is 153 cm³/mol. The number of ether oxygens (including phenoxy) is 2. The molecule has 4 aliphatic heterocycles. The second-order valence-electron chi connectivity index (χ2n) is 11.8. The summed E-state index contributed by atoms with van der Waals surface area (Å²) in [6.45, 7) is 11.3. The quantitative estimate of drug-likeness (QED) is 0.536. The fourth-order valence-electron chi connectivity index (χ4n) is 6.78. The Labute approximate surface area is 229 Å². The van der Waals surface area contributed by atoms with Gasteiger partial charge in [-0.05, 0) is 36.8 Å². The van der Waals surface area contributed by atoms with Crippen molar-refractivity contribution in [2.75, 3.05) is 75.3 Å². The molecule has 0 amide bonds. The van der Waals surface area contributed by atoms with E-state index in [1.54, 1.807) is 23.9 Å². The number of morpholine rings is 2. The maximum Gasteiger partial charge on any atom is 0.253 e. The second-order valence-corrected chi connectivity index (χ2v) is 11.8. The van der Waals surface area contributed by atoms with Crippen LogP contribution in [0.25, 0.3) is 11.0 Å². The van der Waals surface area contributed by atoms with Crippen LogP contribution in [-0.2, 0) is 16.5 Å². The van der Waals surface area contributed by atoms with E-state index in [0.29, 0.717) is 5.92 Å². The monoisotopic (exact) mass is 530 g/mol. The van der Waals surface area contributed by atoms with E-state index in [2.05, 4.69) is 62.3 Å². The summed E-state index contributed by atoms with van der Waals surface area (Å²) in [5.74, 6) is 0.567. The number of nitrogens with zero attached hydrogens (tertiary/aromatic N) is 5. The SMILES string of the molecule is C[C@@H]1CN(c2cc(=O)n(C)c3ncccc23)C[C@H](CN2CC(c3ccc(N4CC5(CNCCO5)C4)cc3)C2)O1. The van der Waals surface area contributed by atoms with Crippen LogP contribution < -0.4 is 20.7 Å². The first kappa shape index (κ1) is 25.0. The van der Waals surface area contributed by atoms with Crippen LogP contribution in [0.3, 0.4) is 0 Å². The summed E-state index contributed by atoms with van der Waals surface area (Å²) in [5.41, 5.74) is 4.37. The lowest BCUT2D eigenvalue weighted by Gasteiger charge is -2.52. The van der Waals surface area contributed by atoms with Crippen molar-refractivity contribution in [1.29, 1.82) is 0 Å². The molecule has 7 rings (SSSR count). The molecule has 4 saturated heterocycles. The van der Waals surface area contributed by atoms with E-state index in [9.17, 15) is 4.79 Å². The van der Waals surface area contributed by atoms with E-state index in [-0.39, 0.29) is 23.4 Å². The number of aromatic nitrogens is 2. The first-order valence-electron chi connectivity index (χ1n) is 14.2. The molecule has 1 N–H and O–H groups in total. The highest BCUT2D eigenvalue weighted by atomic mass is 16.5. The molecule has 0 bridgehead atoms. The lowest BCUT2D eigenvalue weighted by Crippen LogP contribution is -2.69. The molecule has 2 atom stereocenters. The molecule has 0 radical (unpaired) electrons. The smallest absolute Gasteiger partial charge is 0.253 e. The maximum absolute atomic E-state index is 12.7. The van der Waals surface area contributed by atoms with E-state index < -0.39 is 0 Å². The highest BCUT2D eigenvalue weighted by Gasteiger charge is 2.45. The van der Waals surface area contributed by atoms with Gasteiger partial charge in [-0.2, -0.15) is 0 Å². The number of likely N-dealkylation sites (tertiary alicyclic amines) is 1. The van der Waals surface area contributed by atoms with Crippen molar-refractivity contribution in [1.82, 2.24) is 19.8 Å². The van der Waals surface area contributed by atoms with Gasteiger partial charge in [0, 0.05) is 82.1 Å². The fourth-order valence-corrected chi connectivity index (χ4v) is 6.78. The summed E-state index contributed by atoms with van der Waals surface area (Å²) in [6, 6.07) is 14.9. The van der Waals surface area contributed by atoms with Gasteiger partial charge in [-0.1, -0.05) is 12.1 Å². The molecule has 9 nitrogen and oxygen atoms in total. The van der Waals surface area contributed by atoms with Crippen LogP contribution in [-0.4, -0.2) is 97.8 Å². The van der Waals surface area contributed by atoms with Crippen LogP contribution in [0, 0.1) is 0 Å². The molecule has 6 heterocycles. The Balaban J connectivity index is 0.955. The number of benzene rings is 1. The standard InChI is InChI=1S/C30H38N6O3/c1-21-13-35(27-12-28(37)33(2)29-26(27)4-3-9-32-29)17-25(39-21)16-34-14-23(15-34)22-5-7-24(8-6-22)36-19-30(20-36)18-31-10-11-38-30/h3-9,12,21,23,25,31H,10-11,13-20H2,1-2H3/t21-,25+/m1/s1. The Hall–Kier alpha value is -2.98. The van der Waals surface area contributed by atoms with Crippen LogP contribution in [0.15, 0.2) is 53.5 Å². The molecule has 39 heavy (non-hydrogen) atoms. The minimum Gasteiger partial charge on any atom is -0.370 e. The highest BCUT2D eigenvalue weighted by molar-refractivity contribution is 5.89. The number of hydrogen-bond donors (Lipinski definition) is 1. The van der Waals surface area contributed by atoms with Gasteiger partial charge < -0.3 is 24.6 Å². The average molecular weight is 531 g/mol. The van der Waals surface area contributed by atoms with Crippen molar-refractivity contribution in [3.63, 3.8) is 0 Å². The Bertz CT molecular complexity index is 1390. The van der Waals surface area contributed by atoms with Crippen LogP contribution in [0.1, 0.15) is 18.4 Å². The van der Waals surface area contributed by atoms with Gasteiger partial charge in [-0.15, -0.1) is 0 Å². The zero-order chi connectivity index (χ0) is 26.6. The number of aryl methyl sites for hydroxylation is 1. The molecule has 1 aromatic carbocycles. The summed E-state index contributed by atoms with van der Waals surface area (Å²) < 4.78 is 14.0. The summed E-state index contributed by atoms with van der Waals surface area (Å²) in [5, 5.41) is 4.47. The van der Waals surface area contributed by atoms with Gasteiger partial charge in [-0.25, -0.2) is 4.98 Å². The van der Waals surface area contributed by atoms with Crippen molar-refractivity contribution in [3.05, 3.63) is 64.6 Å². The Morgan fingerprint density at radius 3 is 2.67 bits per heavy atom. The van der Waals surface area contributed by atoms with Crippen molar-refractivity contribution < 1.29 is 9.47 Å². The normalized spacial score (nSPS) is 25.6. The summed E-state index contributed by atoms with van der Waals surface area (Å²) in [6.07, 6.45) is 1.94. The zero-order valence-electron chi connectivity index (χ0n) is 22.9. The predicted octanol–water partition coefficient (Wildman–Crippen LogP) is 1.81. The summed E-state index contributed by atoms with van der Waals surface area (Å²) >= 11 is 0. The van der Waals surface area contributed by atoms with Gasteiger partial charge >= 0.3 is 0 Å². The Morgan fingerprint density at radius 2 is 1.90 bits per heavy atom. The van der Waals surface area contributed by atoms with Gasteiger partial charge in [0.05, 0.1) is 37.6 Å². The van der Waals surface area contributed by atoms with E-state index in [1.807, 2.05) is 6.07 Å². The Morgan fingerprint density at radius 1 is 1.08 bits per heavy atom. The van der Waals surface area contributed by atoms with Crippen molar-refractivity contribution in [2.45, 2.75) is 30.7 Å². The number of rotatable bonds is 5. The molecule has 1 spiro atoms. The third-order valence-corrected chi connectivity index (χ3v) is 8.88. The first-order valence-corrected chi connectivity index (χ1v) is 14.2. The molecular formula is C30H38N6O3. The van der Waals surface area contributed by atoms with Crippen LogP contribution in [0.2, 0.25) is 0 Å². The summed E-state index contributed by atoms with van der Waals surface area (Å²) in [7, 11) is 1.78. The molecule has 9 heteroatoms. The molecule has 0 aliphatic carbocycles.